The first-order valence-corrected chi connectivity index (χ1v) is 55.1. The molecule has 1 rings (SSSR count). The van der Waals surface area contributed by atoms with Crippen molar-refractivity contribution in [2.75, 3.05) is 99.1 Å². The van der Waals surface area contributed by atoms with Gasteiger partial charge in [-0.25, -0.2) is 4.67 Å². The van der Waals surface area contributed by atoms with Gasteiger partial charge in [-0.1, -0.05) is 135 Å². The van der Waals surface area contributed by atoms with Crippen LogP contribution in [0.2, 0.25) is 0 Å². The second-order valence-corrected chi connectivity index (χ2v) is 39.4. The number of rotatable bonds is 93. The molecule has 0 aliphatic carbocycles. The predicted molar refractivity (Wildman–Crippen MR) is 554 cm³/mol. The lowest BCUT2D eigenvalue weighted by atomic mass is 9.96. The summed E-state index contributed by atoms with van der Waals surface area (Å²) in [5.41, 5.74) is 0. The van der Waals surface area contributed by atoms with Gasteiger partial charge in [0.2, 0.25) is 47.3 Å². The molecule has 0 radical (unpaired) electrons. The van der Waals surface area contributed by atoms with E-state index < -0.39 is 178 Å². The molecule has 8 amide bonds. The number of esters is 8. The van der Waals surface area contributed by atoms with Crippen LogP contribution in [0.1, 0.15) is 362 Å². The standard InChI is InChI=1S/C104H185N10O35P/c1-19-131-71-139-96-89(70-138-81(13)120)149-100(93(109-76(8)115)97(96)144-82(14)121)133-61-48-38-32-28-22-25-31-37-43-56-92(128)112-88(53-45-47-59-107-91(127)55-42-36-30-24-21-27-34-40-50-63-135-102(143-75(7)69-137-80(12)119)95(111-78(10)117)104(147-85(17)124)148-86(18)125)99(130)113-87(98(129)108-60-65-132-66-67-141-150(140-64-51-57-105)114(72(2)3)73(4)5)52-44-46-58-106-90(126)54-41-35-29-23-20-26-33-39-49-62-134-101(142-74(6)68-136-79(11)118)94(110-77(9)116)103(145-83(15)122)146-84(16)123/h57,72-75,87-89,93-97,100-105H,19-56,58-71H2,1-18H3,(H,106,126)(H,107,127)(H,108,129)(H,109,115)(H,110,116)(H,111,117)(H,112,128)(H,113,130). The molecule has 1 aliphatic heterocycles. The number of carbonyl (C=O) groups excluding carboxylic acids is 16. The lowest BCUT2D eigenvalue weighted by Gasteiger charge is -2.45. The minimum atomic E-state index is -1.59. The Hall–Kier alpha value is -8.86. The smallest absolute Gasteiger partial charge is 0.305 e. The van der Waals surface area contributed by atoms with Gasteiger partial charge in [-0.3, -0.25) is 76.7 Å². The van der Waals surface area contributed by atoms with Crippen LogP contribution in [0.3, 0.4) is 0 Å². The zero-order valence-electron chi connectivity index (χ0n) is 92.8. The molecule has 46 heteroatoms. The molecule has 866 valence electrons. The molecule has 1 aliphatic rings. The lowest BCUT2D eigenvalue weighted by molar-refractivity contribution is -0.291. The van der Waals surface area contributed by atoms with Gasteiger partial charge >= 0.3 is 47.8 Å². The fourth-order valence-electron chi connectivity index (χ4n) is 16.1. The minimum Gasteiger partial charge on any atom is -0.463 e. The van der Waals surface area contributed by atoms with Gasteiger partial charge in [0, 0.05) is 160 Å². The highest BCUT2D eigenvalue weighted by atomic mass is 31.2. The molecule has 0 saturated carbocycles. The second kappa shape index (κ2) is 87.4. The number of carbonyl (C=O) groups is 16. The number of amides is 8. The average Bonchev–Trinajstić information content (AvgIpc) is 0.784. The Morgan fingerprint density at radius 3 is 1.17 bits per heavy atom. The normalized spacial score (nSPS) is 16.3. The fraction of sp³-hybridized carbons (Fsp3) is 0.837. The van der Waals surface area contributed by atoms with E-state index in [2.05, 4.69) is 74.9 Å². The molecule has 45 nitrogen and oxygen atoms in total. The van der Waals surface area contributed by atoms with E-state index in [1.807, 2.05) is 0 Å². The number of nitrogens with zero attached hydrogens (tertiary/aromatic N) is 1. The number of unbranched alkanes of at least 4 members (excludes halogenated alkanes) is 26. The van der Waals surface area contributed by atoms with Crippen molar-refractivity contribution in [3.05, 3.63) is 0 Å². The number of hydrogen-bond acceptors (Lipinski definition) is 37. The molecule has 14 atom stereocenters. The largest absolute Gasteiger partial charge is 0.463 e. The molecule has 14 unspecified atom stereocenters. The zero-order valence-corrected chi connectivity index (χ0v) is 93.7. The summed E-state index contributed by atoms with van der Waals surface area (Å²) < 4.78 is 111. The first-order valence-electron chi connectivity index (χ1n) is 54.0. The van der Waals surface area contributed by atoms with Crippen LogP contribution in [-0.4, -0.2) is 309 Å². The van der Waals surface area contributed by atoms with Crippen molar-refractivity contribution < 1.29 is 166 Å². The molecule has 0 aromatic rings. The Balaban J connectivity index is 3.24. The average molecular weight is 2170 g/mol. The maximum atomic E-state index is 14.7. The second-order valence-electron chi connectivity index (χ2n) is 37.9. The van der Waals surface area contributed by atoms with Crippen molar-refractivity contribution in [3.63, 3.8) is 0 Å². The van der Waals surface area contributed by atoms with E-state index in [0.717, 1.165) is 163 Å². The molecule has 1 heterocycles. The van der Waals surface area contributed by atoms with Gasteiger partial charge in [-0.05, 0) is 132 Å². The Bertz CT molecular complexity index is 3770. The lowest BCUT2D eigenvalue weighted by Crippen LogP contribution is -2.66. The van der Waals surface area contributed by atoms with Gasteiger partial charge in [0.1, 0.15) is 56.9 Å². The minimum absolute atomic E-state index is 0.0891. The van der Waals surface area contributed by atoms with Gasteiger partial charge in [-0.2, -0.15) is 0 Å². The molecule has 150 heavy (non-hydrogen) atoms. The van der Waals surface area contributed by atoms with E-state index in [4.69, 9.17) is 95.0 Å². The third kappa shape index (κ3) is 72.7. The molecule has 1 fully saturated rings. The molecule has 0 bridgehead atoms. The Morgan fingerprint density at radius 2 is 0.780 bits per heavy atom. The molecule has 9 N–H and O–H groups in total. The van der Waals surface area contributed by atoms with Crippen LogP contribution in [-0.2, 0) is 166 Å². The Morgan fingerprint density at radius 1 is 0.373 bits per heavy atom. The molecule has 1 saturated heterocycles. The summed E-state index contributed by atoms with van der Waals surface area (Å²) in [6.07, 6.45) is 16.0. The topological polar surface area (TPSA) is 572 Å². The Labute approximate surface area is 890 Å². The van der Waals surface area contributed by atoms with Crippen LogP contribution in [0.4, 0.5) is 0 Å². The highest BCUT2D eigenvalue weighted by Crippen LogP contribution is 2.46. The predicted octanol–water partition coefficient (Wildman–Crippen LogP) is 11.4. The maximum absolute atomic E-state index is 14.7. The van der Waals surface area contributed by atoms with Crippen molar-refractivity contribution in [3.8, 4) is 0 Å². The summed E-state index contributed by atoms with van der Waals surface area (Å²) in [4.78, 5) is 202. The first kappa shape index (κ1) is 139. The van der Waals surface area contributed by atoms with Crippen LogP contribution in [0.25, 0.3) is 0 Å². The van der Waals surface area contributed by atoms with E-state index in [1.54, 1.807) is 20.8 Å². The quantitative estimate of drug-likeness (QED) is 0.00682. The van der Waals surface area contributed by atoms with E-state index >= 15 is 0 Å². The van der Waals surface area contributed by atoms with Crippen molar-refractivity contribution in [1.29, 1.82) is 5.41 Å². The van der Waals surface area contributed by atoms with Crippen LogP contribution >= 0.6 is 8.53 Å². The number of hydrogen-bond donors (Lipinski definition) is 9. The summed E-state index contributed by atoms with van der Waals surface area (Å²) in [6, 6.07) is -5.37. The summed E-state index contributed by atoms with van der Waals surface area (Å²) in [7, 11) is -1.47. The summed E-state index contributed by atoms with van der Waals surface area (Å²) in [5.74, 6) is -8.50. The summed E-state index contributed by atoms with van der Waals surface area (Å²) >= 11 is 0. The van der Waals surface area contributed by atoms with Crippen molar-refractivity contribution in [2.45, 2.75) is 466 Å². The first-order chi connectivity index (χ1) is 71.6. The van der Waals surface area contributed by atoms with Gasteiger partial charge < -0.3 is 138 Å². The van der Waals surface area contributed by atoms with Gasteiger partial charge in [0.25, 0.3) is 21.1 Å². The number of ether oxygens (including phenoxy) is 17. The van der Waals surface area contributed by atoms with Gasteiger partial charge in [-0.15, -0.1) is 0 Å². The van der Waals surface area contributed by atoms with Crippen LogP contribution in [0.15, 0.2) is 0 Å². The van der Waals surface area contributed by atoms with Crippen LogP contribution < -0.4 is 42.5 Å². The van der Waals surface area contributed by atoms with E-state index in [1.165, 1.54) is 54.7 Å². The fourth-order valence-corrected chi connectivity index (χ4v) is 17.7. The molecule has 0 aromatic carbocycles. The third-order valence-electron chi connectivity index (χ3n) is 23.1. The maximum Gasteiger partial charge on any atom is 0.305 e. The monoisotopic (exact) mass is 2170 g/mol. The van der Waals surface area contributed by atoms with E-state index in [0.29, 0.717) is 110 Å². The molecular weight excluding hydrogens is 1980 g/mol. The zero-order chi connectivity index (χ0) is 112. The summed E-state index contributed by atoms with van der Waals surface area (Å²) in [6.45, 7) is 28.2. The van der Waals surface area contributed by atoms with Crippen molar-refractivity contribution in [2.24, 2.45) is 0 Å². The van der Waals surface area contributed by atoms with Crippen molar-refractivity contribution >= 4 is 110 Å². The molecular formula is C104H185N10O35P. The third-order valence-corrected chi connectivity index (χ3v) is 25.2. The van der Waals surface area contributed by atoms with Crippen molar-refractivity contribution in [1.82, 2.24) is 47.2 Å². The SMILES string of the molecule is CCOCOC1C(COC(C)=O)OC(OCCCCCCCCCCCC(=O)NC(CCCCNC(=O)CCCCCCCCCCCOC(OC(C)COC(C)=O)C(NC(C)=O)C(OC(C)=O)OC(C)=O)C(=O)NC(CCCCNC(=O)CCCCCCCCCCCOC(OC(C)COC(C)=O)C(NC(C)=O)C(OC(C)=O)OC(C)=O)C(=O)NCCOCCOP(OCCC=N)N(C(C)C)C(C)C)C(NC(C)=O)C1OC(C)=O. The van der Waals surface area contributed by atoms with Gasteiger partial charge in [0.05, 0.1) is 38.6 Å². The molecule has 0 spiro atoms. The Kier molecular flexibility index (Phi) is 81.1. The van der Waals surface area contributed by atoms with E-state index in [-0.39, 0.29) is 122 Å². The summed E-state index contributed by atoms with van der Waals surface area (Å²) in [5, 5.41) is 30.4. The van der Waals surface area contributed by atoms with E-state index in [9.17, 15) is 76.7 Å². The van der Waals surface area contributed by atoms with Crippen LogP contribution in [0.5, 0.6) is 0 Å². The molecule has 0 aromatic heterocycles. The highest BCUT2D eigenvalue weighted by molar-refractivity contribution is 7.44. The highest BCUT2D eigenvalue weighted by Gasteiger charge is 2.51. The van der Waals surface area contributed by atoms with Gasteiger partial charge in [0.15, 0.2) is 37.1 Å². The van der Waals surface area contributed by atoms with Crippen LogP contribution in [0, 0.1) is 5.41 Å². The number of nitrogens with one attached hydrogen (secondary N) is 9.